The minimum absolute atomic E-state index is 0.0754. The number of amides is 1. The number of carbonyl (C=O) groups excluding carboxylic acids is 1. The Hall–Kier alpha value is -2.63. The summed E-state index contributed by atoms with van der Waals surface area (Å²) in [7, 11) is 1.64. The number of carbonyl (C=O) groups is 1. The third kappa shape index (κ3) is 3.89. The minimum Gasteiger partial charge on any atom is -0.497 e. The zero-order valence-corrected chi connectivity index (χ0v) is 16.2. The molecule has 0 aliphatic heterocycles. The van der Waals surface area contributed by atoms with Crippen LogP contribution >= 0.6 is 22.9 Å². The molecule has 0 saturated carbocycles. The minimum atomic E-state index is -0.0754. The number of benzene rings is 2. The molecule has 1 amide bonds. The van der Waals surface area contributed by atoms with Crippen molar-refractivity contribution >= 4 is 50.0 Å². The summed E-state index contributed by atoms with van der Waals surface area (Å²) in [5, 5.41) is 5.68. The van der Waals surface area contributed by atoms with Gasteiger partial charge in [-0.15, -0.1) is 11.3 Å². The van der Waals surface area contributed by atoms with Gasteiger partial charge < -0.3 is 10.1 Å². The second-order valence-electron chi connectivity index (χ2n) is 6.18. The van der Waals surface area contributed by atoms with E-state index < -0.39 is 0 Å². The molecular weight excluding hydrogens is 380 g/mol. The first-order valence-corrected chi connectivity index (χ1v) is 9.73. The largest absolute Gasteiger partial charge is 0.497 e. The van der Waals surface area contributed by atoms with E-state index in [1.54, 1.807) is 7.11 Å². The molecule has 2 aromatic heterocycles. The van der Waals surface area contributed by atoms with Gasteiger partial charge in [-0.1, -0.05) is 23.7 Å². The van der Waals surface area contributed by atoms with Crippen LogP contribution in [0.15, 0.2) is 54.6 Å². The number of hydrogen-bond acceptors (Lipinski definition) is 4. The number of thiophene rings is 1. The molecule has 2 heterocycles. The van der Waals surface area contributed by atoms with Crippen LogP contribution in [0, 0.1) is 0 Å². The molecule has 0 aliphatic carbocycles. The molecule has 27 heavy (non-hydrogen) atoms. The van der Waals surface area contributed by atoms with Gasteiger partial charge in [-0.2, -0.15) is 0 Å². The summed E-state index contributed by atoms with van der Waals surface area (Å²) in [6.07, 6.45) is 0.760. The van der Waals surface area contributed by atoms with E-state index in [4.69, 9.17) is 16.3 Å². The Bertz CT molecular complexity index is 1120. The highest BCUT2D eigenvalue weighted by Gasteiger charge is 2.12. The summed E-state index contributed by atoms with van der Waals surface area (Å²) >= 11 is 7.29. The first-order chi connectivity index (χ1) is 13.1. The Balaban J connectivity index is 1.49. The van der Waals surface area contributed by atoms with Gasteiger partial charge in [0.05, 0.1) is 17.5 Å². The van der Waals surface area contributed by atoms with E-state index in [2.05, 4.69) is 16.4 Å². The highest BCUT2D eigenvalue weighted by atomic mass is 35.5. The van der Waals surface area contributed by atoms with E-state index in [1.165, 1.54) is 11.3 Å². The second-order valence-corrected chi connectivity index (χ2v) is 7.65. The maximum atomic E-state index is 12.5. The summed E-state index contributed by atoms with van der Waals surface area (Å²) in [5.74, 6) is 0.694. The summed E-state index contributed by atoms with van der Waals surface area (Å²) in [5.41, 5.74) is 2.00. The van der Waals surface area contributed by atoms with E-state index in [0.717, 1.165) is 38.9 Å². The molecule has 0 unspecified atom stereocenters. The number of methoxy groups -OCH3 is 1. The third-order valence-electron chi connectivity index (χ3n) is 4.35. The van der Waals surface area contributed by atoms with Gasteiger partial charge >= 0.3 is 0 Å². The molecule has 136 valence electrons. The van der Waals surface area contributed by atoms with Crippen LogP contribution in [-0.4, -0.2) is 24.5 Å². The van der Waals surface area contributed by atoms with Gasteiger partial charge in [0.25, 0.3) is 5.91 Å². The fourth-order valence-corrected chi connectivity index (χ4v) is 3.97. The van der Waals surface area contributed by atoms with Gasteiger partial charge in [0.1, 0.15) is 10.6 Å². The molecule has 0 fully saturated rings. The average Bonchev–Trinajstić information content (AvgIpc) is 3.10. The Labute approximate surface area is 165 Å². The Kier molecular flexibility index (Phi) is 4.97. The molecule has 0 bridgehead atoms. The maximum absolute atomic E-state index is 12.5. The number of aromatic nitrogens is 1. The van der Waals surface area contributed by atoms with Crippen LogP contribution < -0.4 is 10.1 Å². The van der Waals surface area contributed by atoms with E-state index >= 15 is 0 Å². The van der Waals surface area contributed by atoms with E-state index in [-0.39, 0.29) is 5.91 Å². The first-order valence-electron chi connectivity index (χ1n) is 8.53. The van der Waals surface area contributed by atoms with Crippen molar-refractivity contribution in [2.75, 3.05) is 13.7 Å². The number of nitrogens with zero attached hydrogens (tertiary/aromatic N) is 1. The number of hydrogen-bond donors (Lipinski definition) is 1. The van der Waals surface area contributed by atoms with Crippen molar-refractivity contribution in [3.8, 4) is 5.75 Å². The predicted octanol–water partition coefficient (Wildman–Crippen LogP) is 5.08. The zero-order chi connectivity index (χ0) is 18.8. The summed E-state index contributed by atoms with van der Waals surface area (Å²) in [6, 6.07) is 17.4. The molecule has 0 saturated heterocycles. The lowest BCUT2D eigenvalue weighted by molar-refractivity contribution is 0.0958. The van der Waals surface area contributed by atoms with Crippen LogP contribution in [-0.2, 0) is 6.42 Å². The van der Waals surface area contributed by atoms with Crippen molar-refractivity contribution in [1.29, 1.82) is 0 Å². The lowest BCUT2D eigenvalue weighted by atomic mass is 10.1. The third-order valence-corrected chi connectivity index (χ3v) is 5.64. The molecule has 6 heteroatoms. The molecule has 2 aromatic carbocycles. The van der Waals surface area contributed by atoms with Gasteiger partial charge in [-0.3, -0.25) is 4.79 Å². The van der Waals surface area contributed by atoms with E-state index in [9.17, 15) is 4.79 Å². The molecular formula is C21H17ClN2O2S. The number of ether oxygens (including phenoxy) is 1. The molecule has 4 nitrogen and oxygen atoms in total. The summed E-state index contributed by atoms with van der Waals surface area (Å²) in [4.78, 5) is 18.7. The molecule has 0 radical (unpaired) electrons. The molecule has 0 spiro atoms. The van der Waals surface area contributed by atoms with Crippen molar-refractivity contribution in [2.24, 2.45) is 0 Å². The van der Waals surface area contributed by atoms with Crippen LogP contribution in [0.25, 0.3) is 21.1 Å². The summed E-state index contributed by atoms with van der Waals surface area (Å²) in [6.45, 7) is 0.571. The number of rotatable bonds is 5. The van der Waals surface area contributed by atoms with Gasteiger partial charge in [0.2, 0.25) is 0 Å². The van der Waals surface area contributed by atoms with Crippen LogP contribution in [0.2, 0.25) is 5.02 Å². The SMILES string of the molecule is COc1ccc2cc3cc(C(=O)NCCc4ccc(Cl)cc4)sc3nc2c1. The number of fused-ring (bicyclic) bond motifs is 2. The normalized spacial score (nSPS) is 11.0. The van der Waals surface area contributed by atoms with Gasteiger partial charge in [-0.25, -0.2) is 4.98 Å². The fourth-order valence-electron chi connectivity index (χ4n) is 2.90. The quantitative estimate of drug-likeness (QED) is 0.511. The Morgan fingerprint density at radius 1 is 1.11 bits per heavy atom. The van der Waals surface area contributed by atoms with Gasteiger partial charge in [0.15, 0.2) is 0 Å². The fraction of sp³-hybridized carbons (Fsp3) is 0.143. The highest BCUT2D eigenvalue weighted by molar-refractivity contribution is 7.20. The molecule has 1 N–H and O–H groups in total. The van der Waals surface area contributed by atoms with Crippen LogP contribution in [0.4, 0.5) is 0 Å². The molecule has 0 aliphatic rings. The number of nitrogens with one attached hydrogen (secondary N) is 1. The van der Waals surface area contributed by atoms with Crippen LogP contribution in [0.3, 0.4) is 0 Å². The molecule has 4 rings (SSSR count). The zero-order valence-electron chi connectivity index (χ0n) is 14.7. The molecule has 0 atom stereocenters. The predicted molar refractivity (Wildman–Crippen MR) is 111 cm³/mol. The molecule has 4 aromatic rings. The van der Waals surface area contributed by atoms with Crippen molar-refractivity contribution in [3.05, 3.63) is 70.1 Å². The topological polar surface area (TPSA) is 51.2 Å². The van der Waals surface area contributed by atoms with Crippen LogP contribution in [0.1, 0.15) is 15.2 Å². The average molecular weight is 397 g/mol. The smallest absolute Gasteiger partial charge is 0.261 e. The number of pyridine rings is 1. The monoisotopic (exact) mass is 396 g/mol. The lowest BCUT2D eigenvalue weighted by Crippen LogP contribution is -2.24. The standard InChI is InChI=1S/C21H17ClN2O2S/c1-26-17-7-4-14-10-15-11-19(27-21(15)24-18(14)12-17)20(25)23-9-8-13-2-5-16(22)6-3-13/h2-7,10-12H,8-9H2,1H3,(H,23,25). The summed E-state index contributed by atoms with van der Waals surface area (Å²) < 4.78 is 5.26. The van der Waals surface area contributed by atoms with Gasteiger partial charge in [0, 0.05) is 28.4 Å². The van der Waals surface area contributed by atoms with Crippen molar-refractivity contribution < 1.29 is 9.53 Å². The van der Waals surface area contributed by atoms with E-state index in [1.807, 2.05) is 48.5 Å². The maximum Gasteiger partial charge on any atom is 0.261 e. The van der Waals surface area contributed by atoms with Crippen molar-refractivity contribution in [1.82, 2.24) is 10.3 Å². The van der Waals surface area contributed by atoms with E-state index in [0.29, 0.717) is 16.4 Å². The number of halogens is 1. The van der Waals surface area contributed by atoms with Crippen LogP contribution in [0.5, 0.6) is 5.75 Å². The Morgan fingerprint density at radius 2 is 1.93 bits per heavy atom. The highest BCUT2D eigenvalue weighted by Crippen LogP contribution is 2.29. The second kappa shape index (κ2) is 7.55. The Morgan fingerprint density at radius 3 is 2.70 bits per heavy atom. The van der Waals surface area contributed by atoms with Crippen molar-refractivity contribution in [2.45, 2.75) is 6.42 Å². The lowest BCUT2D eigenvalue weighted by Gasteiger charge is -2.03. The van der Waals surface area contributed by atoms with Gasteiger partial charge in [-0.05, 0) is 48.4 Å². The first kappa shape index (κ1) is 17.8. The van der Waals surface area contributed by atoms with Crippen molar-refractivity contribution in [3.63, 3.8) is 0 Å².